The summed E-state index contributed by atoms with van der Waals surface area (Å²) in [5, 5.41) is 24.6. The van der Waals surface area contributed by atoms with E-state index in [2.05, 4.69) is 10.3 Å². The Labute approximate surface area is 253 Å². The van der Waals surface area contributed by atoms with E-state index in [1.807, 2.05) is 11.8 Å². The second kappa shape index (κ2) is 13.0. The van der Waals surface area contributed by atoms with Crippen LogP contribution in [0.1, 0.15) is 61.6 Å². The highest BCUT2D eigenvalue weighted by molar-refractivity contribution is 6.01. The fraction of sp³-hybridized carbons (Fsp3) is 0.516. The van der Waals surface area contributed by atoms with Crippen LogP contribution in [0, 0.1) is 5.41 Å². The Morgan fingerprint density at radius 1 is 1.16 bits per heavy atom. The number of piperidine rings is 1. The molecule has 13 heteroatoms. The lowest BCUT2D eigenvalue weighted by atomic mass is 9.80. The van der Waals surface area contributed by atoms with Crippen LogP contribution in [0.4, 0.5) is 8.78 Å². The van der Waals surface area contributed by atoms with Gasteiger partial charge in [-0.25, -0.2) is 4.98 Å². The van der Waals surface area contributed by atoms with Crippen LogP contribution < -0.4 is 14.8 Å². The van der Waals surface area contributed by atoms with Crippen molar-refractivity contribution in [2.24, 2.45) is 5.41 Å². The molecule has 1 amide bonds. The minimum absolute atomic E-state index is 0.0000969. The van der Waals surface area contributed by atoms with E-state index in [9.17, 15) is 28.6 Å². The highest BCUT2D eigenvalue weighted by Gasteiger charge is 2.39. The number of carbonyl (C=O) groups is 2. The quantitative estimate of drug-likeness (QED) is 0.261. The third kappa shape index (κ3) is 6.79. The molecule has 1 aliphatic heterocycles. The molecule has 3 aromatic rings. The van der Waals surface area contributed by atoms with E-state index in [0.29, 0.717) is 55.0 Å². The number of amides is 1. The summed E-state index contributed by atoms with van der Waals surface area (Å²) in [4.78, 5) is 31.6. The van der Waals surface area contributed by atoms with E-state index in [1.165, 1.54) is 19.4 Å². The van der Waals surface area contributed by atoms with Crippen molar-refractivity contribution < 1.29 is 42.8 Å². The van der Waals surface area contributed by atoms with Gasteiger partial charge >= 0.3 is 12.6 Å². The molecule has 0 radical (unpaired) electrons. The van der Waals surface area contributed by atoms with Gasteiger partial charge in [0, 0.05) is 24.3 Å². The Hall–Kier alpha value is -3.81. The number of aliphatic hydroxyl groups excluding tert-OH is 2. The van der Waals surface area contributed by atoms with Gasteiger partial charge in [-0.1, -0.05) is 0 Å². The smallest absolute Gasteiger partial charge is 0.387 e. The Kier molecular flexibility index (Phi) is 9.37. The van der Waals surface area contributed by atoms with Gasteiger partial charge in [-0.2, -0.15) is 8.78 Å². The Balaban J connectivity index is 1.33. The lowest BCUT2D eigenvalue weighted by Gasteiger charge is -2.38. The zero-order chi connectivity index (χ0) is 31.6. The second-order valence-corrected chi connectivity index (χ2v) is 11.6. The predicted molar refractivity (Wildman–Crippen MR) is 156 cm³/mol. The number of esters is 1. The monoisotopic (exact) mass is 616 g/mol. The molecule has 2 unspecified atom stereocenters. The maximum Gasteiger partial charge on any atom is 0.387 e. The van der Waals surface area contributed by atoms with Crippen LogP contribution in [-0.4, -0.2) is 88.5 Å². The molecule has 11 nitrogen and oxygen atoms in total. The van der Waals surface area contributed by atoms with Crippen molar-refractivity contribution in [1.82, 2.24) is 19.6 Å². The maximum atomic E-state index is 13.4. The lowest BCUT2D eigenvalue weighted by Crippen LogP contribution is -2.46. The molecular formula is C31H38F2N4O7. The van der Waals surface area contributed by atoms with Crippen LogP contribution in [0.2, 0.25) is 0 Å². The molecule has 2 aromatic heterocycles. The van der Waals surface area contributed by atoms with Gasteiger partial charge in [0.25, 0.3) is 5.91 Å². The van der Waals surface area contributed by atoms with Crippen LogP contribution in [0.25, 0.3) is 16.9 Å². The van der Waals surface area contributed by atoms with Crippen LogP contribution in [0.5, 0.6) is 11.5 Å². The summed E-state index contributed by atoms with van der Waals surface area (Å²) < 4.78 is 43.8. The number of benzene rings is 1. The molecule has 5 rings (SSSR count). The lowest BCUT2D eigenvalue weighted by molar-refractivity contribution is -0.157. The highest BCUT2D eigenvalue weighted by Crippen LogP contribution is 2.37. The molecule has 1 aromatic carbocycles. The number of nitrogens with zero attached hydrogens (tertiary/aromatic N) is 3. The van der Waals surface area contributed by atoms with Gasteiger partial charge < -0.3 is 34.6 Å². The number of carbonyl (C=O) groups excluding carboxylic acids is 2. The number of likely N-dealkylation sites (tertiary alicyclic amines) is 1. The SMILES string of the molecule is CCOC(=O)C1(C)CCN(CC(O)C(O)c2ccn3c(-c4cc(OC)c(C(=O)NC5CC5)c(OC(F)F)c4)cnc3c2)CC1. The number of aliphatic hydroxyl groups is 2. The van der Waals surface area contributed by atoms with Crippen molar-refractivity contribution in [3.05, 3.63) is 47.8 Å². The number of aromatic nitrogens is 2. The van der Waals surface area contributed by atoms with Crippen molar-refractivity contribution in [3.8, 4) is 22.8 Å². The van der Waals surface area contributed by atoms with Gasteiger partial charge in [-0.15, -0.1) is 0 Å². The fourth-order valence-corrected chi connectivity index (χ4v) is 5.52. The van der Waals surface area contributed by atoms with Crippen LogP contribution in [0.3, 0.4) is 0 Å². The summed E-state index contributed by atoms with van der Waals surface area (Å²) in [6, 6.07) is 6.18. The number of hydrogen-bond acceptors (Lipinski definition) is 9. The highest BCUT2D eigenvalue weighted by atomic mass is 19.3. The summed E-state index contributed by atoms with van der Waals surface area (Å²) in [7, 11) is 1.34. The number of ether oxygens (including phenoxy) is 3. The van der Waals surface area contributed by atoms with Gasteiger partial charge in [-0.05, 0) is 82.4 Å². The Morgan fingerprint density at radius 3 is 2.50 bits per heavy atom. The molecule has 238 valence electrons. The number of pyridine rings is 1. The number of hydrogen-bond donors (Lipinski definition) is 3. The average molecular weight is 617 g/mol. The third-order valence-electron chi connectivity index (χ3n) is 8.35. The minimum Gasteiger partial charge on any atom is -0.496 e. The van der Waals surface area contributed by atoms with Crippen LogP contribution >= 0.6 is 0 Å². The number of methoxy groups -OCH3 is 1. The van der Waals surface area contributed by atoms with Gasteiger partial charge in [0.1, 0.15) is 28.8 Å². The van der Waals surface area contributed by atoms with Gasteiger partial charge in [-0.3, -0.25) is 14.0 Å². The minimum atomic E-state index is -3.16. The summed E-state index contributed by atoms with van der Waals surface area (Å²) in [5.41, 5.74) is 1.14. The van der Waals surface area contributed by atoms with Crippen molar-refractivity contribution in [3.63, 3.8) is 0 Å². The first-order valence-electron chi connectivity index (χ1n) is 14.7. The summed E-state index contributed by atoms with van der Waals surface area (Å²) in [5.74, 6) is -1.02. The van der Waals surface area contributed by atoms with Crippen molar-refractivity contribution in [2.75, 3.05) is 33.4 Å². The van der Waals surface area contributed by atoms with E-state index in [1.54, 1.807) is 35.7 Å². The zero-order valence-electron chi connectivity index (χ0n) is 25.0. The fourth-order valence-electron chi connectivity index (χ4n) is 5.52. The van der Waals surface area contributed by atoms with Crippen LogP contribution in [-0.2, 0) is 9.53 Å². The average Bonchev–Trinajstić information content (AvgIpc) is 3.71. The Bertz CT molecular complexity index is 1500. The van der Waals surface area contributed by atoms with Crippen LogP contribution in [0.15, 0.2) is 36.7 Å². The molecule has 0 bridgehead atoms. The van der Waals surface area contributed by atoms with E-state index < -0.39 is 30.1 Å². The van der Waals surface area contributed by atoms with E-state index in [0.717, 1.165) is 12.8 Å². The number of alkyl halides is 2. The molecule has 1 aliphatic carbocycles. The molecule has 3 N–H and O–H groups in total. The maximum absolute atomic E-state index is 13.4. The number of fused-ring (bicyclic) bond motifs is 1. The molecule has 1 saturated heterocycles. The predicted octanol–water partition coefficient (Wildman–Crippen LogP) is 3.56. The standard InChI is InChI=1S/C31H38F2N4O7/c1-4-43-29(41)31(2)8-11-36(12-9-31)17-22(38)27(39)18-7-10-37-21(16-34-25(37)15-18)19-13-23(42-3)26(24(14-19)44-30(32)33)28(40)35-20-5-6-20/h7,10,13-16,20,22,27,30,38-39H,4-6,8-9,11-12,17H2,1-3H3,(H,35,40). The largest absolute Gasteiger partial charge is 0.496 e. The molecule has 2 aliphatic rings. The second-order valence-electron chi connectivity index (χ2n) is 11.6. The Morgan fingerprint density at radius 2 is 1.86 bits per heavy atom. The summed E-state index contributed by atoms with van der Waals surface area (Å²) in [6.07, 6.45) is 3.73. The van der Waals surface area contributed by atoms with E-state index in [-0.39, 0.29) is 35.6 Å². The number of β-amino-alcohol motifs (C(OH)–C–C–N with tert-alkyl or cyclic N) is 1. The first-order chi connectivity index (χ1) is 21.0. The number of imidazole rings is 1. The molecule has 1 saturated carbocycles. The van der Waals surface area contributed by atoms with Gasteiger partial charge in [0.15, 0.2) is 0 Å². The van der Waals surface area contributed by atoms with E-state index >= 15 is 0 Å². The topological polar surface area (TPSA) is 135 Å². The van der Waals surface area contributed by atoms with E-state index in [4.69, 9.17) is 14.2 Å². The first-order valence-corrected chi connectivity index (χ1v) is 14.7. The summed E-state index contributed by atoms with van der Waals surface area (Å²) >= 11 is 0. The number of nitrogens with one attached hydrogen (secondary N) is 1. The number of halogens is 2. The zero-order valence-corrected chi connectivity index (χ0v) is 25.0. The molecular weight excluding hydrogens is 578 g/mol. The molecule has 0 spiro atoms. The number of rotatable bonds is 12. The van der Waals surface area contributed by atoms with Crippen molar-refractivity contribution in [1.29, 1.82) is 0 Å². The first kappa shape index (κ1) is 31.6. The molecule has 44 heavy (non-hydrogen) atoms. The molecule has 2 fully saturated rings. The third-order valence-corrected chi connectivity index (χ3v) is 8.35. The van der Waals surface area contributed by atoms with Gasteiger partial charge in [0.2, 0.25) is 0 Å². The molecule has 3 heterocycles. The normalized spacial score (nSPS) is 18.2. The summed E-state index contributed by atoms with van der Waals surface area (Å²) in [6.45, 7) is 2.24. The van der Waals surface area contributed by atoms with Crippen molar-refractivity contribution in [2.45, 2.75) is 64.4 Å². The molecule has 2 atom stereocenters. The van der Waals surface area contributed by atoms with Crippen molar-refractivity contribution >= 4 is 17.5 Å². The van der Waals surface area contributed by atoms with Gasteiger partial charge in [0.05, 0.1) is 37.1 Å².